The number of rotatable bonds is 5. The molecule has 2 unspecified atom stereocenters. The summed E-state index contributed by atoms with van der Waals surface area (Å²) in [6, 6.07) is 8.06. The standard InChI is InChI=1S/C15H22O2/c1-11(2)6-5-8-13(16)15-10-12-7-3-4-9-14(12)17-15/h3-4,7,9,11,13,15-16H,5-6,8,10H2,1-2H3. The molecule has 0 radical (unpaired) electrons. The van der Waals surface area contributed by atoms with E-state index in [1.54, 1.807) is 0 Å². The molecule has 94 valence electrons. The van der Waals surface area contributed by atoms with Crippen molar-refractivity contribution >= 4 is 0 Å². The van der Waals surface area contributed by atoms with Crippen LogP contribution in [0.1, 0.15) is 38.7 Å². The first-order chi connectivity index (χ1) is 8.16. The highest BCUT2D eigenvalue weighted by molar-refractivity contribution is 5.37. The Morgan fingerprint density at radius 3 is 2.76 bits per heavy atom. The van der Waals surface area contributed by atoms with Gasteiger partial charge in [0.15, 0.2) is 0 Å². The van der Waals surface area contributed by atoms with Gasteiger partial charge in [-0.2, -0.15) is 0 Å². The van der Waals surface area contributed by atoms with Gasteiger partial charge in [-0.05, 0) is 24.0 Å². The minimum absolute atomic E-state index is 0.0421. The molecule has 2 atom stereocenters. The van der Waals surface area contributed by atoms with Crippen molar-refractivity contribution in [1.82, 2.24) is 0 Å². The predicted molar refractivity (Wildman–Crippen MR) is 69.3 cm³/mol. The van der Waals surface area contributed by atoms with E-state index in [0.29, 0.717) is 5.92 Å². The lowest BCUT2D eigenvalue weighted by Crippen LogP contribution is -2.30. The third-order valence-electron chi connectivity index (χ3n) is 3.38. The lowest BCUT2D eigenvalue weighted by atomic mass is 9.99. The second-order valence-corrected chi connectivity index (χ2v) is 5.36. The van der Waals surface area contributed by atoms with Gasteiger partial charge in [-0.1, -0.05) is 44.9 Å². The van der Waals surface area contributed by atoms with Crippen molar-refractivity contribution < 1.29 is 9.84 Å². The van der Waals surface area contributed by atoms with Crippen molar-refractivity contribution in [3.8, 4) is 5.75 Å². The van der Waals surface area contributed by atoms with Crippen molar-refractivity contribution in [1.29, 1.82) is 0 Å². The van der Waals surface area contributed by atoms with Crippen molar-refractivity contribution in [2.45, 2.75) is 51.7 Å². The first-order valence-corrected chi connectivity index (χ1v) is 6.59. The number of aliphatic hydroxyl groups excluding tert-OH is 1. The summed E-state index contributed by atoms with van der Waals surface area (Å²) >= 11 is 0. The maximum atomic E-state index is 10.1. The van der Waals surface area contributed by atoms with Gasteiger partial charge in [0, 0.05) is 6.42 Å². The van der Waals surface area contributed by atoms with E-state index in [9.17, 15) is 5.11 Å². The molecule has 0 bridgehead atoms. The summed E-state index contributed by atoms with van der Waals surface area (Å²) in [7, 11) is 0. The van der Waals surface area contributed by atoms with E-state index in [4.69, 9.17) is 4.74 Å². The van der Waals surface area contributed by atoms with Gasteiger partial charge in [0.2, 0.25) is 0 Å². The molecule has 0 spiro atoms. The summed E-state index contributed by atoms with van der Waals surface area (Å²) in [5.74, 6) is 1.66. The van der Waals surface area contributed by atoms with Crippen LogP contribution in [-0.4, -0.2) is 17.3 Å². The predicted octanol–water partition coefficient (Wildman–Crippen LogP) is 3.18. The van der Waals surface area contributed by atoms with Crippen LogP contribution in [0, 0.1) is 5.92 Å². The minimum atomic E-state index is -0.332. The largest absolute Gasteiger partial charge is 0.487 e. The Kier molecular flexibility index (Phi) is 4.06. The zero-order valence-electron chi connectivity index (χ0n) is 10.7. The van der Waals surface area contributed by atoms with E-state index in [-0.39, 0.29) is 12.2 Å². The third-order valence-corrected chi connectivity index (χ3v) is 3.38. The zero-order valence-corrected chi connectivity index (χ0v) is 10.7. The van der Waals surface area contributed by atoms with Gasteiger partial charge in [-0.25, -0.2) is 0 Å². The molecule has 2 heteroatoms. The fourth-order valence-corrected chi connectivity index (χ4v) is 2.34. The molecule has 0 fully saturated rings. The first kappa shape index (κ1) is 12.4. The average Bonchev–Trinajstić information content (AvgIpc) is 2.71. The van der Waals surface area contributed by atoms with Crippen LogP contribution in [0.3, 0.4) is 0 Å². The Morgan fingerprint density at radius 2 is 2.06 bits per heavy atom. The van der Waals surface area contributed by atoms with Crippen molar-refractivity contribution in [3.63, 3.8) is 0 Å². The van der Waals surface area contributed by atoms with Gasteiger partial charge >= 0.3 is 0 Å². The van der Waals surface area contributed by atoms with E-state index < -0.39 is 0 Å². The molecule has 1 aromatic carbocycles. The third kappa shape index (κ3) is 3.22. The Hall–Kier alpha value is -1.02. The lowest BCUT2D eigenvalue weighted by Gasteiger charge is -2.18. The molecule has 0 amide bonds. The molecule has 1 heterocycles. The fourth-order valence-electron chi connectivity index (χ4n) is 2.34. The second kappa shape index (κ2) is 5.54. The highest BCUT2D eigenvalue weighted by Crippen LogP contribution is 2.30. The van der Waals surface area contributed by atoms with E-state index in [0.717, 1.165) is 25.0 Å². The second-order valence-electron chi connectivity index (χ2n) is 5.36. The molecule has 1 aliphatic heterocycles. The first-order valence-electron chi connectivity index (χ1n) is 6.59. The minimum Gasteiger partial charge on any atom is -0.487 e. The van der Waals surface area contributed by atoms with E-state index in [1.165, 1.54) is 12.0 Å². The van der Waals surface area contributed by atoms with E-state index in [1.807, 2.05) is 18.2 Å². The number of fused-ring (bicyclic) bond motifs is 1. The number of aliphatic hydroxyl groups is 1. The van der Waals surface area contributed by atoms with E-state index in [2.05, 4.69) is 19.9 Å². The Labute approximate surface area is 104 Å². The van der Waals surface area contributed by atoms with Gasteiger partial charge in [-0.3, -0.25) is 0 Å². The topological polar surface area (TPSA) is 29.5 Å². The van der Waals surface area contributed by atoms with Gasteiger partial charge in [0.25, 0.3) is 0 Å². The van der Waals surface area contributed by atoms with Crippen LogP contribution in [0.15, 0.2) is 24.3 Å². The number of hydrogen-bond donors (Lipinski definition) is 1. The van der Waals surface area contributed by atoms with Crippen LogP contribution in [0.25, 0.3) is 0 Å². The van der Waals surface area contributed by atoms with Crippen molar-refractivity contribution in [2.24, 2.45) is 5.92 Å². The van der Waals surface area contributed by atoms with Crippen LogP contribution in [0.5, 0.6) is 5.75 Å². The molecular weight excluding hydrogens is 212 g/mol. The maximum absolute atomic E-state index is 10.1. The normalized spacial score (nSPS) is 20.1. The monoisotopic (exact) mass is 234 g/mol. The summed E-state index contributed by atoms with van der Waals surface area (Å²) in [5.41, 5.74) is 1.22. The number of benzene rings is 1. The Morgan fingerprint density at radius 1 is 1.29 bits per heavy atom. The molecule has 2 rings (SSSR count). The summed E-state index contributed by atoms with van der Waals surface area (Å²) in [4.78, 5) is 0. The highest BCUT2D eigenvalue weighted by atomic mass is 16.5. The van der Waals surface area contributed by atoms with Gasteiger partial charge < -0.3 is 9.84 Å². The zero-order chi connectivity index (χ0) is 12.3. The van der Waals surface area contributed by atoms with Crippen molar-refractivity contribution in [2.75, 3.05) is 0 Å². The highest BCUT2D eigenvalue weighted by Gasteiger charge is 2.28. The summed E-state index contributed by atoms with van der Waals surface area (Å²) in [5, 5.41) is 10.1. The average molecular weight is 234 g/mol. The molecular formula is C15H22O2. The molecule has 1 N–H and O–H groups in total. The van der Waals surface area contributed by atoms with E-state index >= 15 is 0 Å². The van der Waals surface area contributed by atoms with Crippen LogP contribution < -0.4 is 4.74 Å². The SMILES string of the molecule is CC(C)CCCC(O)C1Cc2ccccc2O1. The van der Waals surface area contributed by atoms with Crippen molar-refractivity contribution in [3.05, 3.63) is 29.8 Å². The number of ether oxygens (including phenoxy) is 1. The molecule has 0 aromatic heterocycles. The number of para-hydroxylation sites is 1. The van der Waals surface area contributed by atoms with Crippen LogP contribution in [-0.2, 0) is 6.42 Å². The molecule has 0 aliphatic carbocycles. The molecule has 1 aliphatic rings. The van der Waals surface area contributed by atoms with Crippen LogP contribution in [0.2, 0.25) is 0 Å². The summed E-state index contributed by atoms with van der Waals surface area (Å²) in [6.07, 6.45) is 3.57. The quantitative estimate of drug-likeness (QED) is 0.848. The maximum Gasteiger partial charge on any atom is 0.129 e. The Balaban J connectivity index is 1.81. The number of hydrogen-bond acceptors (Lipinski definition) is 2. The summed E-state index contributed by atoms with van der Waals surface area (Å²) < 4.78 is 5.78. The van der Waals surface area contributed by atoms with Crippen LogP contribution in [0.4, 0.5) is 0 Å². The molecule has 17 heavy (non-hydrogen) atoms. The van der Waals surface area contributed by atoms with Gasteiger partial charge in [0.1, 0.15) is 11.9 Å². The Bertz CT molecular complexity index is 335. The smallest absolute Gasteiger partial charge is 0.129 e. The van der Waals surface area contributed by atoms with Crippen LogP contribution >= 0.6 is 0 Å². The molecule has 0 saturated heterocycles. The molecule has 2 nitrogen and oxygen atoms in total. The van der Waals surface area contributed by atoms with Gasteiger partial charge in [0.05, 0.1) is 6.10 Å². The molecule has 0 saturated carbocycles. The summed E-state index contributed by atoms with van der Waals surface area (Å²) in [6.45, 7) is 4.43. The fraction of sp³-hybridized carbons (Fsp3) is 0.600. The lowest BCUT2D eigenvalue weighted by molar-refractivity contribution is 0.0417. The molecule has 1 aromatic rings. The van der Waals surface area contributed by atoms with Gasteiger partial charge in [-0.15, -0.1) is 0 Å².